The van der Waals surface area contributed by atoms with Crippen molar-refractivity contribution in [3.05, 3.63) is 95.6 Å². The van der Waals surface area contributed by atoms with Crippen LogP contribution >= 0.6 is 0 Å². The van der Waals surface area contributed by atoms with Crippen molar-refractivity contribution < 1.29 is 19.1 Å². The first-order chi connectivity index (χ1) is 16.9. The number of methoxy groups -OCH3 is 1. The van der Waals surface area contributed by atoms with Crippen molar-refractivity contribution >= 4 is 17.7 Å². The molecule has 6 heteroatoms. The van der Waals surface area contributed by atoms with Gasteiger partial charge in [0.25, 0.3) is 17.7 Å². The fraction of sp³-hybridized carbons (Fsp3) is 0.276. The number of amides is 3. The minimum atomic E-state index is -0.504. The van der Waals surface area contributed by atoms with Gasteiger partial charge in [-0.2, -0.15) is 0 Å². The van der Waals surface area contributed by atoms with Gasteiger partial charge in [0, 0.05) is 19.2 Å². The van der Waals surface area contributed by atoms with E-state index in [1.165, 1.54) is 4.90 Å². The van der Waals surface area contributed by atoms with E-state index in [0.717, 1.165) is 17.5 Å². The molecule has 2 heterocycles. The van der Waals surface area contributed by atoms with Crippen LogP contribution in [0.3, 0.4) is 0 Å². The van der Waals surface area contributed by atoms with E-state index in [4.69, 9.17) is 4.74 Å². The van der Waals surface area contributed by atoms with Gasteiger partial charge in [0.15, 0.2) is 0 Å². The largest absolute Gasteiger partial charge is 0.377 e. The van der Waals surface area contributed by atoms with Gasteiger partial charge in [0.2, 0.25) is 0 Å². The van der Waals surface area contributed by atoms with E-state index in [1.807, 2.05) is 61.5 Å². The lowest BCUT2D eigenvalue weighted by Gasteiger charge is -2.45. The van der Waals surface area contributed by atoms with Crippen LogP contribution < -0.4 is 0 Å². The Balaban J connectivity index is 1.48. The number of nitrogens with zero attached hydrogens (tertiary/aromatic N) is 2. The van der Waals surface area contributed by atoms with Crippen LogP contribution in [0.2, 0.25) is 0 Å². The van der Waals surface area contributed by atoms with Crippen LogP contribution in [0, 0.1) is 0 Å². The van der Waals surface area contributed by atoms with E-state index < -0.39 is 5.60 Å². The van der Waals surface area contributed by atoms with Crippen LogP contribution in [0.4, 0.5) is 0 Å². The molecule has 2 aliphatic rings. The van der Waals surface area contributed by atoms with Crippen molar-refractivity contribution in [1.82, 2.24) is 9.80 Å². The fourth-order valence-corrected chi connectivity index (χ4v) is 5.10. The summed E-state index contributed by atoms with van der Waals surface area (Å²) < 4.78 is 5.78. The highest BCUT2D eigenvalue weighted by molar-refractivity contribution is 6.21. The fourth-order valence-electron chi connectivity index (χ4n) is 5.10. The van der Waals surface area contributed by atoms with Gasteiger partial charge in [-0.1, -0.05) is 60.7 Å². The maximum atomic E-state index is 14.0. The summed E-state index contributed by atoms with van der Waals surface area (Å²) >= 11 is 0. The van der Waals surface area contributed by atoms with Crippen molar-refractivity contribution in [1.29, 1.82) is 0 Å². The Kier molecular flexibility index (Phi) is 5.99. The lowest BCUT2D eigenvalue weighted by atomic mass is 9.88. The summed E-state index contributed by atoms with van der Waals surface area (Å²) in [6.45, 7) is 2.53. The van der Waals surface area contributed by atoms with Crippen molar-refractivity contribution in [2.75, 3.05) is 20.2 Å². The maximum Gasteiger partial charge on any atom is 0.261 e. The van der Waals surface area contributed by atoms with Gasteiger partial charge in [0.1, 0.15) is 0 Å². The van der Waals surface area contributed by atoms with Gasteiger partial charge in [-0.05, 0) is 49.1 Å². The summed E-state index contributed by atoms with van der Waals surface area (Å²) in [6, 6.07) is 23.9. The van der Waals surface area contributed by atoms with Gasteiger partial charge in [0.05, 0.1) is 29.3 Å². The highest BCUT2D eigenvalue weighted by Crippen LogP contribution is 2.33. The standard InChI is InChI=1S/C29H28N2O4/c1-29(35-2)17-16-21(18-30-26(32)24-14-8-9-15-25(24)27(30)33)31(19-29)28(34)23-13-7-6-12-22(23)20-10-4-3-5-11-20/h3-15,21H,16-19H2,1-2H3. The van der Waals surface area contributed by atoms with Gasteiger partial charge < -0.3 is 9.64 Å². The molecule has 178 valence electrons. The molecule has 5 rings (SSSR count). The molecule has 2 aliphatic heterocycles. The number of likely N-dealkylation sites (tertiary alicyclic amines) is 1. The number of carbonyl (C=O) groups is 3. The predicted octanol–water partition coefficient (Wildman–Crippen LogP) is 4.66. The molecule has 0 radical (unpaired) electrons. The second kappa shape index (κ2) is 9.12. The van der Waals surface area contributed by atoms with Crippen molar-refractivity contribution in [2.45, 2.75) is 31.4 Å². The van der Waals surface area contributed by atoms with Crippen molar-refractivity contribution in [3.8, 4) is 11.1 Å². The van der Waals surface area contributed by atoms with Crippen LogP contribution in [-0.2, 0) is 4.74 Å². The normalized spacial score (nSPS) is 21.8. The average molecular weight is 469 g/mol. The third kappa shape index (κ3) is 4.15. The summed E-state index contributed by atoms with van der Waals surface area (Å²) in [5.74, 6) is -0.737. The molecule has 0 aliphatic carbocycles. The van der Waals surface area contributed by atoms with Crippen LogP contribution in [0.15, 0.2) is 78.9 Å². The van der Waals surface area contributed by atoms with E-state index >= 15 is 0 Å². The first kappa shape index (κ1) is 23.0. The predicted molar refractivity (Wildman–Crippen MR) is 133 cm³/mol. The number of benzene rings is 3. The quantitative estimate of drug-likeness (QED) is 0.511. The molecular formula is C29H28N2O4. The zero-order chi connectivity index (χ0) is 24.6. The zero-order valence-electron chi connectivity index (χ0n) is 19.9. The zero-order valence-corrected chi connectivity index (χ0v) is 19.9. The topological polar surface area (TPSA) is 66.9 Å². The van der Waals surface area contributed by atoms with Gasteiger partial charge in [-0.15, -0.1) is 0 Å². The number of rotatable bonds is 5. The van der Waals surface area contributed by atoms with Crippen molar-refractivity contribution in [2.24, 2.45) is 0 Å². The van der Waals surface area contributed by atoms with Crippen LogP contribution in [0.5, 0.6) is 0 Å². The van der Waals surface area contributed by atoms with Crippen LogP contribution in [0.25, 0.3) is 11.1 Å². The Morgan fingerprint density at radius 3 is 2.09 bits per heavy atom. The molecule has 0 N–H and O–H groups in total. The summed E-state index contributed by atoms with van der Waals surface area (Å²) in [4.78, 5) is 43.2. The number of hydrogen-bond acceptors (Lipinski definition) is 4. The van der Waals surface area contributed by atoms with E-state index in [0.29, 0.717) is 29.7 Å². The van der Waals surface area contributed by atoms with E-state index in [2.05, 4.69) is 0 Å². The highest BCUT2D eigenvalue weighted by atomic mass is 16.5. The number of imide groups is 1. The molecule has 1 saturated heterocycles. The van der Waals surface area contributed by atoms with Crippen LogP contribution in [0.1, 0.15) is 50.8 Å². The lowest BCUT2D eigenvalue weighted by Crippen LogP contribution is -2.58. The molecule has 3 aromatic carbocycles. The summed E-state index contributed by atoms with van der Waals surface area (Å²) in [6.07, 6.45) is 1.35. The van der Waals surface area contributed by atoms with E-state index in [1.54, 1.807) is 36.3 Å². The Hall–Kier alpha value is -3.77. The van der Waals surface area contributed by atoms with E-state index in [9.17, 15) is 14.4 Å². The minimum absolute atomic E-state index is 0.131. The highest BCUT2D eigenvalue weighted by Gasteiger charge is 2.43. The second-order valence-electron chi connectivity index (χ2n) is 9.46. The molecule has 2 atom stereocenters. The third-order valence-corrected chi connectivity index (χ3v) is 7.22. The lowest BCUT2D eigenvalue weighted by molar-refractivity contribution is -0.0609. The smallest absolute Gasteiger partial charge is 0.261 e. The Bertz CT molecular complexity index is 1250. The molecule has 0 aromatic heterocycles. The van der Waals surface area contributed by atoms with Gasteiger partial charge >= 0.3 is 0 Å². The molecule has 2 unspecified atom stereocenters. The summed E-state index contributed by atoms with van der Waals surface area (Å²) in [5.41, 5.74) is 2.73. The van der Waals surface area contributed by atoms with Gasteiger partial charge in [-0.25, -0.2) is 0 Å². The molecule has 3 aromatic rings. The molecule has 0 saturated carbocycles. The molecular weight excluding hydrogens is 440 g/mol. The summed E-state index contributed by atoms with van der Waals surface area (Å²) in [7, 11) is 1.66. The molecule has 3 amide bonds. The third-order valence-electron chi connectivity index (χ3n) is 7.22. The second-order valence-corrected chi connectivity index (χ2v) is 9.46. The molecule has 0 spiro atoms. The molecule has 1 fully saturated rings. The van der Waals surface area contributed by atoms with Crippen molar-refractivity contribution in [3.63, 3.8) is 0 Å². The van der Waals surface area contributed by atoms with Gasteiger partial charge in [-0.3, -0.25) is 19.3 Å². The number of fused-ring (bicyclic) bond motifs is 1. The SMILES string of the molecule is COC1(C)CCC(CN2C(=O)c3ccccc3C2=O)N(C(=O)c2ccccc2-c2ccccc2)C1. The Labute approximate surface area is 205 Å². The average Bonchev–Trinajstić information content (AvgIpc) is 3.14. The first-order valence-electron chi connectivity index (χ1n) is 11.9. The monoisotopic (exact) mass is 468 g/mol. The maximum absolute atomic E-state index is 14.0. The first-order valence-corrected chi connectivity index (χ1v) is 11.9. The molecule has 35 heavy (non-hydrogen) atoms. The van der Waals surface area contributed by atoms with E-state index in [-0.39, 0.29) is 30.3 Å². The number of piperidine rings is 1. The Morgan fingerprint density at radius 2 is 1.46 bits per heavy atom. The van der Waals surface area contributed by atoms with Crippen LogP contribution in [-0.4, -0.2) is 59.4 Å². The molecule has 0 bridgehead atoms. The number of carbonyl (C=O) groups excluding carboxylic acids is 3. The summed E-state index contributed by atoms with van der Waals surface area (Å²) in [5, 5.41) is 0. The number of hydrogen-bond donors (Lipinski definition) is 0. The molecule has 6 nitrogen and oxygen atoms in total. The minimum Gasteiger partial charge on any atom is -0.377 e. The number of ether oxygens (including phenoxy) is 1. The Morgan fingerprint density at radius 1 is 0.886 bits per heavy atom.